The summed E-state index contributed by atoms with van der Waals surface area (Å²) in [6, 6.07) is 0. The monoisotopic (exact) mass is 220 g/mol. The number of rotatable bonds is 2. The Morgan fingerprint density at radius 2 is 2.00 bits per heavy atom. The van der Waals surface area contributed by atoms with Crippen molar-refractivity contribution < 1.29 is 29.5 Å². The average molecular weight is 220 g/mol. The summed E-state index contributed by atoms with van der Waals surface area (Å²) in [5.41, 5.74) is 0. The molecule has 0 saturated carbocycles. The van der Waals surface area contributed by atoms with Crippen LogP contribution in [0.4, 0.5) is 0 Å². The molecular weight excluding hydrogens is 204 g/mol. The van der Waals surface area contributed by atoms with E-state index in [1.165, 1.54) is 0 Å². The summed E-state index contributed by atoms with van der Waals surface area (Å²) in [5.74, 6) is -0.786. The van der Waals surface area contributed by atoms with Gasteiger partial charge in [0.15, 0.2) is 12.1 Å². The van der Waals surface area contributed by atoms with Gasteiger partial charge in [-0.2, -0.15) is 0 Å². The molecule has 0 unspecified atom stereocenters. The van der Waals surface area contributed by atoms with Crippen LogP contribution in [-0.2, 0) is 14.2 Å². The molecule has 88 valence electrons. The van der Waals surface area contributed by atoms with Crippen LogP contribution in [0.15, 0.2) is 0 Å². The fourth-order valence-corrected chi connectivity index (χ4v) is 1.94. The summed E-state index contributed by atoms with van der Waals surface area (Å²) in [7, 11) is 0. The third kappa shape index (κ3) is 1.89. The zero-order valence-electron chi connectivity index (χ0n) is 8.66. The molecule has 2 fully saturated rings. The Morgan fingerprint density at radius 1 is 1.33 bits per heavy atom. The van der Waals surface area contributed by atoms with E-state index in [0.717, 1.165) is 0 Å². The molecule has 3 N–H and O–H groups in total. The minimum absolute atomic E-state index is 0.468. The van der Waals surface area contributed by atoms with Gasteiger partial charge in [-0.25, -0.2) is 0 Å². The van der Waals surface area contributed by atoms with Crippen molar-refractivity contribution in [3.05, 3.63) is 0 Å². The Balaban J connectivity index is 2.05. The smallest absolute Gasteiger partial charge is 0.190 e. The number of hydrogen-bond acceptors (Lipinski definition) is 6. The van der Waals surface area contributed by atoms with Crippen LogP contribution in [0.25, 0.3) is 0 Å². The first-order valence-electron chi connectivity index (χ1n) is 4.93. The Labute approximate surface area is 87.4 Å². The standard InChI is InChI=1S/C9H16O6/c1-9(2)14-7-5(12)6(4(11)3-10)13-8(7)15-9/h4-8,10-12H,3H2,1-2H3/t4-,5+,6-,7+,8-/m1/s1. The van der Waals surface area contributed by atoms with Gasteiger partial charge in [-0.05, 0) is 13.8 Å². The van der Waals surface area contributed by atoms with Gasteiger partial charge >= 0.3 is 0 Å². The highest BCUT2D eigenvalue weighted by atomic mass is 16.8. The van der Waals surface area contributed by atoms with Crippen molar-refractivity contribution >= 4 is 0 Å². The van der Waals surface area contributed by atoms with Crippen molar-refractivity contribution in [1.82, 2.24) is 0 Å². The van der Waals surface area contributed by atoms with Gasteiger partial charge in [-0.3, -0.25) is 0 Å². The normalized spacial score (nSPS) is 45.4. The van der Waals surface area contributed by atoms with Gasteiger partial charge in [0.2, 0.25) is 0 Å². The molecule has 0 amide bonds. The summed E-state index contributed by atoms with van der Waals surface area (Å²) >= 11 is 0. The molecule has 6 nitrogen and oxygen atoms in total. The molecule has 2 aliphatic rings. The highest BCUT2D eigenvalue weighted by molar-refractivity contribution is 4.95. The maximum absolute atomic E-state index is 9.79. The van der Waals surface area contributed by atoms with Crippen LogP contribution in [0.3, 0.4) is 0 Å². The third-order valence-corrected chi connectivity index (χ3v) is 2.62. The van der Waals surface area contributed by atoms with Crippen molar-refractivity contribution in [1.29, 1.82) is 0 Å². The lowest BCUT2D eigenvalue weighted by Gasteiger charge is -2.24. The predicted octanol–water partition coefficient (Wildman–Crippen LogP) is -1.42. The second kappa shape index (κ2) is 3.65. The highest BCUT2D eigenvalue weighted by Crippen LogP contribution is 2.38. The molecule has 0 radical (unpaired) electrons. The van der Waals surface area contributed by atoms with E-state index in [4.69, 9.17) is 19.3 Å². The van der Waals surface area contributed by atoms with Gasteiger partial charge in [0.25, 0.3) is 0 Å². The summed E-state index contributed by atoms with van der Waals surface area (Å²) in [4.78, 5) is 0. The lowest BCUT2D eigenvalue weighted by molar-refractivity contribution is -0.227. The van der Waals surface area contributed by atoms with Gasteiger partial charge in [0.1, 0.15) is 24.4 Å². The molecule has 2 heterocycles. The molecule has 0 spiro atoms. The van der Waals surface area contributed by atoms with Crippen molar-refractivity contribution in [3.63, 3.8) is 0 Å². The van der Waals surface area contributed by atoms with E-state index in [-0.39, 0.29) is 0 Å². The Morgan fingerprint density at radius 3 is 2.53 bits per heavy atom. The summed E-state index contributed by atoms with van der Waals surface area (Å²) < 4.78 is 16.1. The zero-order valence-corrected chi connectivity index (χ0v) is 8.66. The van der Waals surface area contributed by atoms with Crippen LogP contribution in [0.2, 0.25) is 0 Å². The minimum Gasteiger partial charge on any atom is -0.394 e. The maximum atomic E-state index is 9.79. The molecular formula is C9H16O6. The van der Waals surface area contributed by atoms with Crippen molar-refractivity contribution in [3.8, 4) is 0 Å². The van der Waals surface area contributed by atoms with Crippen LogP contribution < -0.4 is 0 Å². The number of fused-ring (bicyclic) bond motifs is 1. The fraction of sp³-hybridized carbons (Fsp3) is 1.00. The van der Waals surface area contributed by atoms with Crippen molar-refractivity contribution in [2.45, 2.75) is 50.3 Å². The van der Waals surface area contributed by atoms with Gasteiger partial charge in [0.05, 0.1) is 6.61 Å². The van der Waals surface area contributed by atoms with E-state index in [1.807, 2.05) is 0 Å². The number of aliphatic hydroxyl groups is 3. The lowest BCUT2D eigenvalue weighted by Crippen LogP contribution is -2.42. The third-order valence-electron chi connectivity index (χ3n) is 2.62. The molecule has 0 aromatic heterocycles. The molecule has 0 aliphatic carbocycles. The van der Waals surface area contributed by atoms with Crippen LogP contribution in [0.5, 0.6) is 0 Å². The molecule has 2 aliphatic heterocycles. The van der Waals surface area contributed by atoms with Crippen LogP contribution >= 0.6 is 0 Å². The predicted molar refractivity (Wildman–Crippen MR) is 47.8 cm³/mol. The topological polar surface area (TPSA) is 88.4 Å². The van der Waals surface area contributed by atoms with Crippen molar-refractivity contribution in [2.24, 2.45) is 0 Å². The first kappa shape index (κ1) is 11.3. The van der Waals surface area contributed by atoms with E-state index in [0.29, 0.717) is 0 Å². The summed E-state index contributed by atoms with van der Waals surface area (Å²) in [6.07, 6.45) is -4.26. The Bertz CT molecular complexity index is 243. The number of aliphatic hydroxyl groups excluding tert-OH is 3. The van der Waals surface area contributed by atoms with E-state index in [2.05, 4.69) is 0 Å². The summed E-state index contributed by atoms with van der Waals surface area (Å²) in [5, 5.41) is 27.9. The first-order chi connectivity index (χ1) is 6.94. The second-order valence-electron chi connectivity index (χ2n) is 4.31. The number of ether oxygens (including phenoxy) is 3. The molecule has 2 saturated heterocycles. The average Bonchev–Trinajstić information content (AvgIpc) is 2.60. The zero-order chi connectivity index (χ0) is 11.2. The molecule has 5 atom stereocenters. The Kier molecular flexibility index (Phi) is 2.74. The molecule has 6 heteroatoms. The lowest BCUT2D eigenvalue weighted by atomic mass is 10.1. The minimum atomic E-state index is -1.12. The molecule has 0 aromatic rings. The SMILES string of the molecule is CC1(C)O[C@H]2O[C@H]([C@H](O)CO)[C@H](O)[C@@H]2O1. The molecule has 0 aromatic carbocycles. The van der Waals surface area contributed by atoms with E-state index >= 15 is 0 Å². The fourth-order valence-electron chi connectivity index (χ4n) is 1.94. The first-order valence-corrected chi connectivity index (χ1v) is 4.93. The van der Waals surface area contributed by atoms with Gasteiger partial charge < -0.3 is 29.5 Å². The Hall–Kier alpha value is -0.240. The molecule has 15 heavy (non-hydrogen) atoms. The van der Waals surface area contributed by atoms with Gasteiger partial charge in [0, 0.05) is 0 Å². The van der Waals surface area contributed by atoms with Crippen LogP contribution in [0, 0.1) is 0 Å². The van der Waals surface area contributed by atoms with E-state index in [9.17, 15) is 10.2 Å². The molecule has 2 rings (SSSR count). The second-order valence-corrected chi connectivity index (χ2v) is 4.31. The number of hydrogen-bond donors (Lipinski definition) is 3. The van der Waals surface area contributed by atoms with E-state index in [1.54, 1.807) is 13.8 Å². The quantitative estimate of drug-likeness (QED) is 0.529. The van der Waals surface area contributed by atoms with Crippen LogP contribution in [-0.4, -0.2) is 58.4 Å². The summed E-state index contributed by atoms with van der Waals surface area (Å²) in [6.45, 7) is 2.97. The molecule has 0 bridgehead atoms. The van der Waals surface area contributed by atoms with Gasteiger partial charge in [-0.1, -0.05) is 0 Å². The van der Waals surface area contributed by atoms with E-state index < -0.39 is 43.1 Å². The van der Waals surface area contributed by atoms with Gasteiger partial charge in [-0.15, -0.1) is 0 Å². The van der Waals surface area contributed by atoms with Crippen molar-refractivity contribution in [2.75, 3.05) is 6.61 Å². The van der Waals surface area contributed by atoms with Crippen LogP contribution in [0.1, 0.15) is 13.8 Å². The maximum Gasteiger partial charge on any atom is 0.190 e. The largest absolute Gasteiger partial charge is 0.394 e. The highest BCUT2D eigenvalue weighted by Gasteiger charge is 2.55.